The van der Waals surface area contributed by atoms with Crippen molar-refractivity contribution < 1.29 is 9.21 Å². The molecule has 142 valence electrons. The summed E-state index contributed by atoms with van der Waals surface area (Å²) >= 11 is 0. The Morgan fingerprint density at radius 2 is 2.04 bits per heavy atom. The van der Waals surface area contributed by atoms with Crippen molar-refractivity contribution in [1.29, 1.82) is 0 Å². The first-order chi connectivity index (χ1) is 12.5. The minimum Gasteiger partial charge on any atom is -0.464 e. The van der Waals surface area contributed by atoms with Crippen molar-refractivity contribution in [3.63, 3.8) is 0 Å². The van der Waals surface area contributed by atoms with Gasteiger partial charge in [-0.05, 0) is 74.9 Å². The van der Waals surface area contributed by atoms with Crippen LogP contribution in [0.2, 0.25) is 0 Å². The summed E-state index contributed by atoms with van der Waals surface area (Å²) in [6.07, 6.45) is 5.66. The number of furan rings is 1. The number of likely N-dealkylation sites (tertiary alicyclic amines) is 1. The molecule has 1 saturated heterocycles. The number of rotatable bonds is 6. The van der Waals surface area contributed by atoms with Crippen molar-refractivity contribution in [2.24, 2.45) is 5.92 Å². The van der Waals surface area contributed by atoms with E-state index in [1.807, 2.05) is 11.9 Å². The molecule has 4 heteroatoms. The second-order valence-electron chi connectivity index (χ2n) is 8.01. The van der Waals surface area contributed by atoms with Crippen molar-refractivity contribution in [2.75, 3.05) is 26.7 Å². The minimum absolute atomic E-state index is 0.228. The fourth-order valence-corrected chi connectivity index (χ4v) is 4.10. The third kappa shape index (κ3) is 4.12. The number of carbonyl (C=O) groups is 1. The molecule has 0 saturated carbocycles. The number of benzene rings is 1. The Kier molecular flexibility index (Phi) is 6.02. The predicted octanol–water partition coefficient (Wildman–Crippen LogP) is 4.26. The van der Waals surface area contributed by atoms with Crippen LogP contribution in [0.1, 0.15) is 55.7 Å². The predicted molar refractivity (Wildman–Crippen MR) is 107 cm³/mol. The molecule has 4 nitrogen and oxygen atoms in total. The fourth-order valence-electron chi connectivity index (χ4n) is 4.10. The molecular formula is C22H32N2O2. The van der Waals surface area contributed by atoms with Gasteiger partial charge in [-0.2, -0.15) is 0 Å². The van der Waals surface area contributed by atoms with Crippen molar-refractivity contribution >= 4 is 16.9 Å². The standard InChI is InChI=1S/C22H32N2O2/c1-15(2)19-13-20-18(14-26-21(20)11-16(19)3)12-22(25)24-9-6-17(7-10-24)5-8-23-4/h11,13-15,17,23H,5-10,12H2,1-4H3. The van der Waals surface area contributed by atoms with E-state index in [-0.39, 0.29) is 5.91 Å². The van der Waals surface area contributed by atoms with Crippen molar-refractivity contribution in [3.8, 4) is 0 Å². The maximum absolute atomic E-state index is 12.8. The number of hydrogen-bond acceptors (Lipinski definition) is 3. The quantitative estimate of drug-likeness (QED) is 0.841. The first kappa shape index (κ1) is 19.0. The van der Waals surface area contributed by atoms with Gasteiger partial charge in [0.1, 0.15) is 5.58 Å². The van der Waals surface area contributed by atoms with Crippen LogP contribution in [0.5, 0.6) is 0 Å². The molecule has 0 aliphatic carbocycles. The Morgan fingerprint density at radius 1 is 1.31 bits per heavy atom. The molecule has 0 bridgehead atoms. The van der Waals surface area contributed by atoms with E-state index in [0.29, 0.717) is 12.3 Å². The zero-order chi connectivity index (χ0) is 18.7. The van der Waals surface area contributed by atoms with Crippen LogP contribution in [0, 0.1) is 12.8 Å². The molecule has 1 aliphatic rings. The molecule has 0 radical (unpaired) electrons. The number of hydrogen-bond donors (Lipinski definition) is 1. The van der Waals surface area contributed by atoms with Gasteiger partial charge in [-0.25, -0.2) is 0 Å². The highest BCUT2D eigenvalue weighted by molar-refractivity contribution is 5.88. The molecule has 2 heterocycles. The third-order valence-corrected chi connectivity index (χ3v) is 5.78. The molecule has 1 fully saturated rings. The van der Waals surface area contributed by atoms with Gasteiger partial charge in [0.05, 0.1) is 12.7 Å². The van der Waals surface area contributed by atoms with E-state index in [9.17, 15) is 4.79 Å². The lowest BCUT2D eigenvalue weighted by Gasteiger charge is -2.32. The number of carbonyl (C=O) groups excluding carboxylic acids is 1. The number of fused-ring (bicyclic) bond motifs is 1. The Labute approximate surface area is 156 Å². The summed E-state index contributed by atoms with van der Waals surface area (Å²) in [7, 11) is 2.00. The minimum atomic E-state index is 0.228. The summed E-state index contributed by atoms with van der Waals surface area (Å²) in [5.41, 5.74) is 4.49. The zero-order valence-electron chi connectivity index (χ0n) is 16.6. The van der Waals surface area contributed by atoms with Gasteiger partial charge >= 0.3 is 0 Å². The first-order valence-corrected chi connectivity index (χ1v) is 9.92. The van der Waals surface area contributed by atoms with Crippen molar-refractivity contribution in [1.82, 2.24) is 10.2 Å². The summed E-state index contributed by atoms with van der Waals surface area (Å²) in [6.45, 7) is 9.38. The molecule has 1 aliphatic heterocycles. The van der Waals surface area contributed by atoms with Crippen LogP contribution in [0.25, 0.3) is 11.0 Å². The summed E-state index contributed by atoms with van der Waals surface area (Å²) < 4.78 is 5.74. The van der Waals surface area contributed by atoms with Gasteiger partial charge in [0.25, 0.3) is 0 Å². The molecule has 2 aromatic rings. The molecule has 0 atom stereocenters. The first-order valence-electron chi connectivity index (χ1n) is 9.92. The van der Waals surface area contributed by atoms with E-state index in [1.165, 1.54) is 17.5 Å². The third-order valence-electron chi connectivity index (χ3n) is 5.78. The van der Waals surface area contributed by atoms with E-state index in [1.54, 1.807) is 6.26 Å². The normalized spacial score (nSPS) is 16.0. The maximum atomic E-state index is 12.8. The SMILES string of the molecule is CNCCC1CCN(C(=O)Cc2coc3cc(C)c(C(C)C)cc23)CC1. The van der Waals surface area contributed by atoms with Gasteiger partial charge in [-0.15, -0.1) is 0 Å². The lowest BCUT2D eigenvalue weighted by atomic mass is 9.93. The number of aryl methyl sites for hydroxylation is 1. The Morgan fingerprint density at radius 3 is 2.69 bits per heavy atom. The largest absolute Gasteiger partial charge is 0.464 e. The summed E-state index contributed by atoms with van der Waals surface area (Å²) in [4.78, 5) is 14.8. The molecule has 0 unspecified atom stereocenters. The van der Waals surface area contributed by atoms with E-state index < -0.39 is 0 Å². The topological polar surface area (TPSA) is 45.5 Å². The summed E-state index contributed by atoms with van der Waals surface area (Å²) in [6, 6.07) is 4.32. The number of amides is 1. The number of nitrogens with zero attached hydrogens (tertiary/aromatic N) is 1. The molecule has 1 aromatic carbocycles. The van der Waals surface area contributed by atoms with Crippen LogP contribution in [0.15, 0.2) is 22.8 Å². The second kappa shape index (κ2) is 8.26. The summed E-state index contributed by atoms with van der Waals surface area (Å²) in [5, 5.41) is 4.32. The fraction of sp³-hybridized carbons (Fsp3) is 0.591. The van der Waals surface area contributed by atoms with Gasteiger partial charge in [-0.1, -0.05) is 13.8 Å². The van der Waals surface area contributed by atoms with Crippen molar-refractivity contribution in [3.05, 3.63) is 35.1 Å². The van der Waals surface area contributed by atoms with E-state index in [2.05, 4.69) is 38.2 Å². The summed E-state index contributed by atoms with van der Waals surface area (Å²) in [5.74, 6) is 1.44. The number of nitrogens with one attached hydrogen (secondary N) is 1. The van der Waals surface area contributed by atoms with Crippen LogP contribution < -0.4 is 5.32 Å². The number of piperidine rings is 1. The van der Waals surface area contributed by atoms with E-state index in [0.717, 1.165) is 54.9 Å². The average molecular weight is 357 g/mol. The molecule has 1 aromatic heterocycles. The lowest BCUT2D eigenvalue weighted by Crippen LogP contribution is -2.39. The van der Waals surface area contributed by atoms with Gasteiger partial charge in [-0.3, -0.25) is 4.79 Å². The second-order valence-corrected chi connectivity index (χ2v) is 8.01. The molecule has 26 heavy (non-hydrogen) atoms. The highest BCUT2D eigenvalue weighted by atomic mass is 16.3. The van der Waals surface area contributed by atoms with Crippen LogP contribution >= 0.6 is 0 Å². The highest BCUT2D eigenvalue weighted by Gasteiger charge is 2.23. The van der Waals surface area contributed by atoms with Gasteiger partial charge in [0.2, 0.25) is 5.91 Å². The zero-order valence-corrected chi connectivity index (χ0v) is 16.6. The van der Waals surface area contributed by atoms with E-state index in [4.69, 9.17) is 4.42 Å². The smallest absolute Gasteiger partial charge is 0.227 e. The highest BCUT2D eigenvalue weighted by Crippen LogP contribution is 2.29. The van der Waals surface area contributed by atoms with Crippen LogP contribution in [0.3, 0.4) is 0 Å². The maximum Gasteiger partial charge on any atom is 0.227 e. The Balaban J connectivity index is 1.67. The molecule has 1 N–H and O–H groups in total. The van der Waals surface area contributed by atoms with Crippen LogP contribution in [-0.4, -0.2) is 37.5 Å². The molecule has 0 spiro atoms. The van der Waals surface area contributed by atoms with Gasteiger partial charge < -0.3 is 14.6 Å². The molecule has 3 rings (SSSR count). The van der Waals surface area contributed by atoms with Gasteiger partial charge in [0.15, 0.2) is 0 Å². The van der Waals surface area contributed by atoms with Crippen LogP contribution in [-0.2, 0) is 11.2 Å². The Hall–Kier alpha value is -1.81. The average Bonchev–Trinajstić information content (AvgIpc) is 3.01. The van der Waals surface area contributed by atoms with Crippen LogP contribution in [0.4, 0.5) is 0 Å². The molecule has 1 amide bonds. The Bertz CT molecular complexity index is 755. The van der Waals surface area contributed by atoms with Crippen molar-refractivity contribution in [2.45, 2.75) is 52.4 Å². The lowest BCUT2D eigenvalue weighted by molar-refractivity contribution is -0.131. The monoisotopic (exact) mass is 356 g/mol. The van der Waals surface area contributed by atoms with E-state index >= 15 is 0 Å². The van der Waals surface area contributed by atoms with Gasteiger partial charge in [0, 0.05) is 24.0 Å². The molecular weight excluding hydrogens is 324 g/mol.